The first-order valence-corrected chi connectivity index (χ1v) is 5.01. The Bertz CT molecular complexity index is 381. The molecular formula is C11H13F2NO. The highest BCUT2D eigenvalue weighted by molar-refractivity contribution is 5.33. The Morgan fingerprint density at radius 3 is 2.80 bits per heavy atom. The van der Waals surface area contributed by atoms with Gasteiger partial charge in [0.05, 0.1) is 6.10 Å². The average Bonchev–Trinajstić information content (AvgIpc) is 2.27. The first-order valence-electron chi connectivity index (χ1n) is 5.01. The molecule has 4 heteroatoms. The number of aliphatic hydroxyl groups is 1. The molecule has 0 aliphatic heterocycles. The summed E-state index contributed by atoms with van der Waals surface area (Å²) < 4.78 is 26.4. The minimum Gasteiger partial charge on any atom is -0.387 e. The highest BCUT2D eigenvalue weighted by atomic mass is 19.1. The Morgan fingerprint density at radius 2 is 2.07 bits per heavy atom. The van der Waals surface area contributed by atoms with E-state index >= 15 is 0 Å². The predicted octanol–water partition coefficient (Wildman–Crippen LogP) is 1.66. The van der Waals surface area contributed by atoms with E-state index in [9.17, 15) is 13.9 Å². The van der Waals surface area contributed by atoms with Gasteiger partial charge in [0.2, 0.25) is 0 Å². The largest absolute Gasteiger partial charge is 0.387 e. The van der Waals surface area contributed by atoms with Crippen LogP contribution in [0, 0.1) is 11.6 Å². The van der Waals surface area contributed by atoms with E-state index in [1.165, 1.54) is 6.07 Å². The van der Waals surface area contributed by atoms with Crippen LogP contribution in [-0.2, 0) is 6.42 Å². The highest BCUT2D eigenvalue weighted by Crippen LogP contribution is 2.30. The predicted molar refractivity (Wildman–Crippen MR) is 52.2 cm³/mol. The van der Waals surface area contributed by atoms with Gasteiger partial charge in [-0.05, 0) is 30.9 Å². The van der Waals surface area contributed by atoms with Gasteiger partial charge in [0.25, 0.3) is 0 Å². The molecule has 2 nitrogen and oxygen atoms in total. The van der Waals surface area contributed by atoms with Crippen molar-refractivity contribution in [3.63, 3.8) is 0 Å². The molecule has 82 valence electrons. The van der Waals surface area contributed by atoms with Crippen LogP contribution in [0.25, 0.3) is 0 Å². The van der Waals surface area contributed by atoms with Gasteiger partial charge >= 0.3 is 0 Å². The van der Waals surface area contributed by atoms with Gasteiger partial charge in [0, 0.05) is 17.7 Å². The van der Waals surface area contributed by atoms with Gasteiger partial charge in [-0.15, -0.1) is 0 Å². The Kier molecular flexibility index (Phi) is 2.71. The van der Waals surface area contributed by atoms with Crippen LogP contribution in [0.4, 0.5) is 8.78 Å². The van der Waals surface area contributed by atoms with E-state index < -0.39 is 23.8 Å². The van der Waals surface area contributed by atoms with E-state index in [1.54, 1.807) is 0 Å². The zero-order valence-electron chi connectivity index (χ0n) is 8.21. The summed E-state index contributed by atoms with van der Waals surface area (Å²) in [7, 11) is 0. The van der Waals surface area contributed by atoms with Crippen LogP contribution in [0.15, 0.2) is 12.1 Å². The Labute approximate surface area is 86.7 Å². The molecule has 0 radical (unpaired) electrons. The van der Waals surface area contributed by atoms with Crippen molar-refractivity contribution < 1.29 is 13.9 Å². The van der Waals surface area contributed by atoms with Crippen molar-refractivity contribution in [1.82, 2.24) is 0 Å². The third-order valence-corrected chi connectivity index (χ3v) is 2.86. The van der Waals surface area contributed by atoms with Crippen LogP contribution in [0.1, 0.15) is 30.1 Å². The molecule has 0 aromatic heterocycles. The number of aliphatic hydroxyl groups excluding tert-OH is 1. The maximum absolute atomic E-state index is 13.5. The average molecular weight is 213 g/mol. The van der Waals surface area contributed by atoms with E-state index in [-0.39, 0.29) is 5.56 Å². The number of fused-ring (bicyclic) bond motifs is 1. The van der Waals surface area contributed by atoms with Crippen molar-refractivity contribution in [2.45, 2.75) is 31.4 Å². The van der Waals surface area contributed by atoms with Crippen molar-refractivity contribution in [3.8, 4) is 0 Å². The summed E-state index contributed by atoms with van der Waals surface area (Å²) in [6.45, 7) is 0. The lowest BCUT2D eigenvalue weighted by Crippen LogP contribution is -2.28. The second-order valence-electron chi connectivity index (χ2n) is 3.96. The summed E-state index contributed by atoms with van der Waals surface area (Å²) in [4.78, 5) is 0. The van der Waals surface area contributed by atoms with Gasteiger partial charge in [-0.2, -0.15) is 0 Å². The van der Waals surface area contributed by atoms with Crippen molar-refractivity contribution in [2.75, 3.05) is 0 Å². The zero-order chi connectivity index (χ0) is 11.0. The molecule has 0 bridgehead atoms. The second-order valence-corrected chi connectivity index (χ2v) is 3.96. The zero-order valence-corrected chi connectivity index (χ0v) is 8.21. The molecule has 3 N–H and O–H groups in total. The Balaban J connectivity index is 2.53. The van der Waals surface area contributed by atoms with E-state index in [0.717, 1.165) is 12.5 Å². The number of benzene rings is 1. The van der Waals surface area contributed by atoms with Crippen LogP contribution in [0.3, 0.4) is 0 Å². The molecule has 2 rings (SSSR count). The van der Waals surface area contributed by atoms with E-state index in [2.05, 4.69) is 0 Å². The molecule has 1 aromatic rings. The van der Waals surface area contributed by atoms with Gasteiger partial charge in [-0.25, -0.2) is 8.78 Å². The van der Waals surface area contributed by atoms with E-state index in [0.29, 0.717) is 18.4 Å². The third-order valence-electron chi connectivity index (χ3n) is 2.86. The lowest BCUT2D eigenvalue weighted by molar-refractivity contribution is 0.140. The fourth-order valence-electron chi connectivity index (χ4n) is 2.08. The summed E-state index contributed by atoms with van der Waals surface area (Å²) in [6, 6.07) is 1.60. The van der Waals surface area contributed by atoms with Crippen molar-refractivity contribution in [1.29, 1.82) is 0 Å². The van der Waals surface area contributed by atoms with Gasteiger partial charge < -0.3 is 10.8 Å². The molecule has 0 saturated carbocycles. The molecule has 0 amide bonds. The molecular weight excluding hydrogens is 200 g/mol. The monoisotopic (exact) mass is 213 g/mol. The normalized spacial score (nSPS) is 25.9. The van der Waals surface area contributed by atoms with Crippen LogP contribution < -0.4 is 5.73 Å². The molecule has 0 heterocycles. The van der Waals surface area contributed by atoms with Crippen LogP contribution >= 0.6 is 0 Å². The van der Waals surface area contributed by atoms with E-state index in [4.69, 9.17) is 5.73 Å². The summed E-state index contributed by atoms with van der Waals surface area (Å²) in [5, 5.41) is 9.79. The van der Waals surface area contributed by atoms with Gasteiger partial charge in [0.15, 0.2) is 0 Å². The molecule has 0 unspecified atom stereocenters. The maximum atomic E-state index is 13.5. The fraction of sp³-hybridized carbons (Fsp3) is 0.455. The molecule has 0 saturated heterocycles. The summed E-state index contributed by atoms with van der Waals surface area (Å²) >= 11 is 0. The quantitative estimate of drug-likeness (QED) is 0.644. The summed E-state index contributed by atoms with van der Waals surface area (Å²) in [5.74, 6) is -1.30. The van der Waals surface area contributed by atoms with Crippen molar-refractivity contribution >= 4 is 0 Å². The van der Waals surface area contributed by atoms with Gasteiger partial charge in [0.1, 0.15) is 11.6 Å². The number of rotatable bonds is 0. The topological polar surface area (TPSA) is 46.2 Å². The smallest absolute Gasteiger partial charge is 0.132 e. The minimum absolute atomic E-state index is 0.168. The third kappa shape index (κ3) is 1.87. The Morgan fingerprint density at radius 1 is 1.33 bits per heavy atom. The van der Waals surface area contributed by atoms with E-state index in [1.807, 2.05) is 0 Å². The maximum Gasteiger partial charge on any atom is 0.132 e. The first kappa shape index (κ1) is 10.5. The number of halogens is 2. The number of nitrogens with two attached hydrogens (primary N) is 1. The number of hydrogen-bond donors (Lipinski definition) is 2. The minimum atomic E-state index is -1.02. The van der Waals surface area contributed by atoms with Crippen LogP contribution in [0.5, 0.6) is 0 Å². The molecule has 15 heavy (non-hydrogen) atoms. The van der Waals surface area contributed by atoms with Crippen LogP contribution in [0.2, 0.25) is 0 Å². The summed E-state index contributed by atoms with van der Waals surface area (Å²) in [5.41, 5.74) is 6.39. The van der Waals surface area contributed by atoms with Gasteiger partial charge in [-0.3, -0.25) is 0 Å². The molecule has 1 aromatic carbocycles. The van der Waals surface area contributed by atoms with Gasteiger partial charge in [-0.1, -0.05) is 0 Å². The van der Waals surface area contributed by atoms with Crippen molar-refractivity contribution in [2.24, 2.45) is 5.73 Å². The standard InChI is InChI=1S/C11H13F2NO/c12-7-4-6-2-1-3-9(14)11(15)10(6)8(13)5-7/h4-5,9,11,15H,1-3,14H2/t9-,11+/m1/s1. The second kappa shape index (κ2) is 3.87. The molecule has 2 atom stereocenters. The van der Waals surface area contributed by atoms with Crippen molar-refractivity contribution in [3.05, 3.63) is 34.9 Å². The lowest BCUT2D eigenvalue weighted by atomic mass is 9.98. The van der Waals surface area contributed by atoms with Crippen LogP contribution in [-0.4, -0.2) is 11.1 Å². The Hall–Kier alpha value is -1.00. The summed E-state index contributed by atoms with van der Waals surface area (Å²) in [6.07, 6.45) is 0.905. The molecule has 1 aliphatic carbocycles. The number of hydrogen-bond acceptors (Lipinski definition) is 2. The molecule has 1 aliphatic rings. The first-order chi connectivity index (χ1) is 7.09. The molecule has 0 fully saturated rings. The number of aryl methyl sites for hydroxylation is 1. The molecule has 0 spiro atoms. The fourth-order valence-corrected chi connectivity index (χ4v) is 2.08. The highest BCUT2D eigenvalue weighted by Gasteiger charge is 2.26. The SMILES string of the molecule is N[C@@H]1CCCc2cc(F)cc(F)c2[C@H]1O. The lowest BCUT2D eigenvalue weighted by Gasteiger charge is -2.18.